The molecule has 1 rings (SSSR count). The van der Waals surface area contributed by atoms with Crippen LogP contribution < -0.4 is 0 Å². The van der Waals surface area contributed by atoms with E-state index in [-0.39, 0.29) is 0 Å². The molecule has 0 unspecified atom stereocenters. The van der Waals surface area contributed by atoms with E-state index in [0.29, 0.717) is 10.9 Å². The van der Waals surface area contributed by atoms with Crippen molar-refractivity contribution in [1.82, 2.24) is 0 Å². The number of hydrogen-bond acceptors (Lipinski definition) is 0. The Balaban J connectivity index is 2.23. The summed E-state index contributed by atoms with van der Waals surface area (Å²) in [6.07, 6.45) is 12.4. The standard InChI is InChI=1S/C8H18S/c1-9(2)8-6-4-3-5-7-8/h8-9H,3-7H2,1-2H3. The molecule has 0 aromatic rings. The van der Waals surface area contributed by atoms with Crippen molar-refractivity contribution in [3.63, 3.8) is 0 Å². The maximum atomic E-state index is 2.42. The molecule has 1 aliphatic rings. The number of rotatable bonds is 1. The highest BCUT2D eigenvalue weighted by atomic mass is 32.2. The van der Waals surface area contributed by atoms with Crippen LogP contribution in [0, 0.1) is 0 Å². The van der Waals surface area contributed by atoms with Gasteiger partial charge in [-0.1, -0.05) is 19.3 Å². The van der Waals surface area contributed by atoms with E-state index in [1.54, 1.807) is 0 Å². The van der Waals surface area contributed by atoms with Crippen molar-refractivity contribution in [2.24, 2.45) is 0 Å². The van der Waals surface area contributed by atoms with Gasteiger partial charge in [0.15, 0.2) is 0 Å². The monoisotopic (exact) mass is 146 g/mol. The van der Waals surface area contributed by atoms with Crippen molar-refractivity contribution in [3.8, 4) is 0 Å². The summed E-state index contributed by atoms with van der Waals surface area (Å²) in [5, 5.41) is 1.12. The third-order valence-corrected chi connectivity index (χ3v) is 4.28. The molecule has 0 radical (unpaired) electrons. The summed E-state index contributed by atoms with van der Waals surface area (Å²) in [7, 11) is 0.381. The lowest BCUT2D eigenvalue weighted by molar-refractivity contribution is 0.515. The predicted octanol–water partition coefficient (Wildman–Crippen LogP) is 2.58. The minimum atomic E-state index is 0.381. The topological polar surface area (TPSA) is 0 Å². The Morgan fingerprint density at radius 1 is 1.00 bits per heavy atom. The fourth-order valence-electron chi connectivity index (χ4n) is 1.60. The largest absolute Gasteiger partial charge is 0.256 e. The van der Waals surface area contributed by atoms with E-state index in [9.17, 15) is 0 Å². The Morgan fingerprint density at radius 3 is 1.89 bits per heavy atom. The normalized spacial score (nSPS) is 24.0. The summed E-state index contributed by atoms with van der Waals surface area (Å²) in [5.41, 5.74) is 0. The van der Waals surface area contributed by atoms with Gasteiger partial charge in [0.1, 0.15) is 0 Å². The van der Waals surface area contributed by atoms with Gasteiger partial charge in [-0.3, -0.25) is 10.9 Å². The molecule has 0 aromatic carbocycles. The van der Waals surface area contributed by atoms with E-state index >= 15 is 0 Å². The Bertz CT molecular complexity index is 72.6. The molecule has 1 fully saturated rings. The fourth-order valence-corrected chi connectivity index (χ4v) is 3.00. The van der Waals surface area contributed by atoms with E-state index < -0.39 is 0 Å². The maximum Gasteiger partial charge on any atom is -0.0141 e. The van der Waals surface area contributed by atoms with Gasteiger partial charge in [0.2, 0.25) is 0 Å². The molecule has 0 aliphatic heterocycles. The first-order chi connectivity index (χ1) is 4.30. The second-order valence-corrected chi connectivity index (χ2v) is 5.91. The zero-order valence-electron chi connectivity index (χ0n) is 6.56. The van der Waals surface area contributed by atoms with Gasteiger partial charge in [-0.25, -0.2) is 0 Å². The van der Waals surface area contributed by atoms with E-state index in [1.165, 1.54) is 32.1 Å². The van der Waals surface area contributed by atoms with E-state index in [1.807, 2.05) is 0 Å². The van der Waals surface area contributed by atoms with E-state index in [4.69, 9.17) is 0 Å². The molecule has 0 spiro atoms. The molecule has 0 nitrogen and oxygen atoms in total. The first-order valence-corrected chi connectivity index (χ1v) is 6.27. The molecule has 1 heteroatoms. The molecule has 0 saturated heterocycles. The van der Waals surface area contributed by atoms with Crippen molar-refractivity contribution >= 4 is 10.9 Å². The van der Waals surface area contributed by atoms with Crippen LogP contribution in [0.25, 0.3) is 0 Å². The molecular weight excluding hydrogens is 128 g/mol. The minimum Gasteiger partial charge on any atom is -0.256 e. The first kappa shape index (κ1) is 7.46. The highest BCUT2D eigenvalue weighted by Crippen LogP contribution is 2.34. The Morgan fingerprint density at radius 2 is 1.56 bits per heavy atom. The number of thiol groups is 1. The highest BCUT2D eigenvalue weighted by molar-refractivity contribution is 8.16. The van der Waals surface area contributed by atoms with Gasteiger partial charge in [-0.05, 0) is 30.6 Å². The van der Waals surface area contributed by atoms with Crippen molar-refractivity contribution in [3.05, 3.63) is 0 Å². The third kappa shape index (κ3) is 2.21. The van der Waals surface area contributed by atoms with Gasteiger partial charge in [0.25, 0.3) is 0 Å². The summed E-state index contributed by atoms with van der Waals surface area (Å²) in [5.74, 6) is 0. The lowest BCUT2D eigenvalue weighted by atomic mass is 10.0. The molecule has 0 bridgehead atoms. The second-order valence-electron chi connectivity index (χ2n) is 3.26. The van der Waals surface area contributed by atoms with Gasteiger partial charge in [-0.2, -0.15) is 0 Å². The lowest BCUT2D eigenvalue weighted by Gasteiger charge is -2.27. The van der Waals surface area contributed by atoms with E-state index in [0.717, 1.165) is 5.25 Å². The van der Waals surface area contributed by atoms with Crippen LogP contribution in [-0.4, -0.2) is 17.8 Å². The lowest BCUT2D eigenvalue weighted by Crippen LogP contribution is -2.11. The molecule has 0 atom stereocenters. The molecule has 0 amide bonds. The van der Waals surface area contributed by atoms with Gasteiger partial charge in [-0.15, -0.1) is 0 Å². The predicted molar refractivity (Wildman–Crippen MR) is 47.7 cm³/mol. The van der Waals surface area contributed by atoms with Crippen molar-refractivity contribution < 1.29 is 0 Å². The van der Waals surface area contributed by atoms with Gasteiger partial charge in [0, 0.05) is 0 Å². The van der Waals surface area contributed by atoms with Crippen LogP contribution in [0.15, 0.2) is 0 Å². The Labute approximate surface area is 61.4 Å². The molecule has 9 heavy (non-hydrogen) atoms. The molecule has 56 valence electrons. The van der Waals surface area contributed by atoms with Crippen LogP contribution in [-0.2, 0) is 0 Å². The Hall–Kier alpha value is 0.350. The molecule has 1 aliphatic carbocycles. The van der Waals surface area contributed by atoms with Gasteiger partial charge in [0.05, 0.1) is 0 Å². The fraction of sp³-hybridized carbons (Fsp3) is 1.00. The van der Waals surface area contributed by atoms with Gasteiger partial charge >= 0.3 is 0 Å². The zero-order valence-corrected chi connectivity index (χ0v) is 7.45. The van der Waals surface area contributed by atoms with Crippen LogP contribution in [0.3, 0.4) is 0 Å². The van der Waals surface area contributed by atoms with Crippen LogP contribution in [0.4, 0.5) is 0 Å². The average molecular weight is 146 g/mol. The molecular formula is C8H18S. The SMILES string of the molecule is C[SH](C)C1CCCCC1. The summed E-state index contributed by atoms with van der Waals surface area (Å²) >= 11 is 0. The second kappa shape index (κ2) is 3.50. The van der Waals surface area contributed by atoms with Crippen LogP contribution in [0.2, 0.25) is 0 Å². The smallest absolute Gasteiger partial charge is 0.0141 e. The molecule has 0 N–H and O–H groups in total. The van der Waals surface area contributed by atoms with Crippen LogP contribution in [0.1, 0.15) is 32.1 Å². The third-order valence-electron chi connectivity index (χ3n) is 2.30. The average Bonchev–Trinajstić information content (AvgIpc) is 1.90. The van der Waals surface area contributed by atoms with Crippen LogP contribution in [0.5, 0.6) is 0 Å². The summed E-state index contributed by atoms with van der Waals surface area (Å²) in [4.78, 5) is 0. The molecule has 0 heterocycles. The van der Waals surface area contributed by atoms with Crippen molar-refractivity contribution in [2.45, 2.75) is 37.4 Å². The quantitative estimate of drug-likeness (QED) is 0.540. The highest BCUT2D eigenvalue weighted by Gasteiger charge is 2.13. The van der Waals surface area contributed by atoms with Crippen molar-refractivity contribution in [2.75, 3.05) is 12.5 Å². The summed E-state index contributed by atoms with van der Waals surface area (Å²) < 4.78 is 0. The summed E-state index contributed by atoms with van der Waals surface area (Å²) in [6.45, 7) is 0. The van der Waals surface area contributed by atoms with Crippen LogP contribution >= 0.6 is 10.9 Å². The zero-order chi connectivity index (χ0) is 6.69. The Kier molecular flexibility index (Phi) is 2.90. The first-order valence-electron chi connectivity index (χ1n) is 3.97. The van der Waals surface area contributed by atoms with Crippen molar-refractivity contribution in [1.29, 1.82) is 0 Å². The summed E-state index contributed by atoms with van der Waals surface area (Å²) in [6, 6.07) is 0. The minimum absolute atomic E-state index is 0.381. The maximum absolute atomic E-state index is 2.42. The number of hydrogen-bond donors (Lipinski definition) is 1. The molecule has 1 saturated carbocycles. The molecule has 0 aromatic heterocycles. The van der Waals surface area contributed by atoms with Gasteiger partial charge < -0.3 is 0 Å². The van der Waals surface area contributed by atoms with E-state index in [2.05, 4.69) is 12.5 Å².